The molecule has 0 spiro atoms. The Balaban J connectivity index is 1.57. The van der Waals surface area contributed by atoms with Crippen molar-refractivity contribution in [3.63, 3.8) is 0 Å². The SMILES string of the molecule is CONC(=O)[C@@]12CCC3C(C(=O)CC4C5(C)C=C(C#N)C(=O)C(C)C5CCC34C)C1CC(C)(C)CC2. The molecule has 5 rings (SSSR count). The van der Waals surface area contributed by atoms with Gasteiger partial charge in [-0.15, -0.1) is 0 Å². The summed E-state index contributed by atoms with van der Waals surface area (Å²) in [6.45, 7) is 11.1. The third-order valence-electron chi connectivity index (χ3n) is 12.0. The van der Waals surface area contributed by atoms with E-state index in [2.05, 4.69) is 39.2 Å². The van der Waals surface area contributed by atoms with Crippen LogP contribution in [-0.4, -0.2) is 24.6 Å². The van der Waals surface area contributed by atoms with Crippen LogP contribution in [0.25, 0.3) is 0 Å². The minimum Gasteiger partial charge on any atom is -0.299 e. The zero-order valence-electron chi connectivity index (χ0n) is 22.8. The summed E-state index contributed by atoms with van der Waals surface area (Å²) in [5.74, 6) is 0.381. The van der Waals surface area contributed by atoms with E-state index in [0.717, 1.165) is 44.9 Å². The number of nitrogens with one attached hydrogen (secondary N) is 1. The third kappa shape index (κ3) is 3.34. The van der Waals surface area contributed by atoms with Crippen molar-refractivity contribution in [3.8, 4) is 6.07 Å². The molecule has 5 aliphatic carbocycles. The average molecular weight is 495 g/mol. The van der Waals surface area contributed by atoms with E-state index in [9.17, 15) is 19.6 Å². The lowest BCUT2D eigenvalue weighted by Gasteiger charge is -2.67. The van der Waals surface area contributed by atoms with Crippen molar-refractivity contribution in [2.45, 2.75) is 86.0 Å². The summed E-state index contributed by atoms with van der Waals surface area (Å²) < 4.78 is 0. The molecule has 0 saturated heterocycles. The second-order valence-corrected chi connectivity index (χ2v) is 14.0. The maximum absolute atomic E-state index is 14.2. The van der Waals surface area contributed by atoms with Crippen molar-refractivity contribution in [3.05, 3.63) is 11.6 Å². The Hall–Kier alpha value is -2.00. The molecule has 1 N–H and O–H groups in total. The van der Waals surface area contributed by atoms with E-state index in [1.54, 1.807) is 0 Å². The molecule has 1 amide bonds. The van der Waals surface area contributed by atoms with Gasteiger partial charge >= 0.3 is 0 Å². The molecule has 6 nitrogen and oxygen atoms in total. The van der Waals surface area contributed by atoms with Crippen LogP contribution in [0.5, 0.6) is 0 Å². The Kier molecular flexibility index (Phi) is 5.88. The highest BCUT2D eigenvalue weighted by Crippen LogP contribution is 2.70. The number of nitriles is 1. The quantitative estimate of drug-likeness (QED) is 0.533. The highest BCUT2D eigenvalue weighted by Gasteiger charge is 2.68. The highest BCUT2D eigenvalue weighted by atomic mass is 16.6. The van der Waals surface area contributed by atoms with Crippen LogP contribution in [0, 0.1) is 68.5 Å². The van der Waals surface area contributed by atoms with Crippen LogP contribution in [0.1, 0.15) is 86.0 Å². The van der Waals surface area contributed by atoms with Gasteiger partial charge in [0.05, 0.1) is 18.1 Å². The fourth-order valence-corrected chi connectivity index (χ4v) is 10.1. The molecule has 9 atom stereocenters. The van der Waals surface area contributed by atoms with Crippen LogP contribution < -0.4 is 5.48 Å². The van der Waals surface area contributed by atoms with Crippen molar-refractivity contribution in [2.24, 2.45) is 57.2 Å². The molecular weight excluding hydrogens is 452 g/mol. The Morgan fingerprint density at radius 1 is 1.06 bits per heavy atom. The summed E-state index contributed by atoms with van der Waals surface area (Å²) in [6, 6.07) is 2.16. The van der Waals surface area contributed by atoms with E-state index < -0.39 is 5.41 Å². The zero-order chi connectivity index (χ0) is 26.3. The van der Waals surface area contributed by atoms with Crippen LogP contribution in [0.3, 0.4) is 0 Å². The number of carbonyl (C=O) groups is 3. The van der Waals surface area contributed by atoms with Crippen molar-refractivity contribution >= 4 is 17.5 Å². The average Bonchev–Trinajstić information content (AvgIpc) is 2.82. The molecule has 0 radical (unpaired) electrons. The first-order chi connectivity index (χ1) is 16.8. The molecule has 0 aromatic heterocycles. The van der Waals surface area contributed by atoms with Crippen molar-refractivity contribution in [1.82, 2.24) is 5.48 Å². The van der Waals surface area contributed by atoms with Crippen LogP contribution in [0.4, 0.5) is 0 Å². The van der Waals surface area contributed by atoms with Gasteiger partial charge in [-0.1, -0.05) is 40.7 Å². The van der Waals surface area contributed by atoms with Gasteiger partial charge in [-0.3, -0.25) is 19.2 Å². The van der Waals surface area contributed by atoms with Crippen LogP contribution in [0.2, 0.25) is 0 Å². The fraction of sp³-hybridized carbons (Fsp3) is 0.800. The van der Waals surface area contributed by atoms with Gasteiger partial charge in [0.1, 0.15) is 11.9 Å². The van der Waals surface area contributed by atoms with E-state index in [4.69, 9.17) is 4.84 Å². The van der Waals surface area contributed by atoms with Gasteiger partial charge in [0.15, 0.2) is 5.78 Å². The summed E-state index contributed by atoms with van der Waals surface area (Å²) in [5, 5.41) is 9.73. The summed E-state index contributed by atoms with van der Waals surface area (Å²) in [7, 11) is 1.48. The molecular formula is C30H42N2O4. The molecule has 36 heavy (non-hydrogen) atoms. The smallest absolute Gasteiger partial charge is 0.250 e. The van der Waals surface area contributed by atoms with E-state index >= 15 is 0 Å². The fourth-order valence-electron chi connectivity index (χ4n) is 10.1. The molecule has 0 bridgehead atoms. The number of hydrogen-bond donors (Lipinski definition) is 1. The number of Topliss-reactive ketones (excluding diaryl/α,β-unsaturated/α-hetero) is 2. The van der Waals surface area contributed by atoms with Gasteiger partial charge in [-0.2, -0.15) is 5.26 Å². The normalized spacial score (nSPS) is 47.3. The first kappa shape index (κ1) is 25.6. The molecule has 8 unspecified atom stereocenters. The molecule has 196 valence electrons. The molecule has 0 aliphatic heterocycles. The summed E-state index contributed by atoms with van der Waals surface area (Å²) in [5.41, 5.74) is 2.06. The molecule has 6 heteroatoms. The number of hydrogen-bond acceptors (Lipinski definition) is 5. The molecule has 0 aromatic carbocycles. The summed E-state index contributed by atoms with van der Waals surface area (Å²) in [4.78, 5) is 45.6. The number of hydroxylamine groups is 1. The maximum Gasteiger partial charge on any atom is 0.250 e. The van der Waals surface area contributed by atoms with E-state index in [0.29, 0.717) is 6.42 Å². The predicted octanol–water partition coefficient (Wildman–Crippen LogP) is 5.18. The lowest BCUT2D eigenvalue weighted by Crippen LogP contribution is -2.65. The molecule has 0 aromatic rings. The number of allylic oxidation sites excluding steroid dienone is 2. The van der Waals surface area contributed by atoms with Gasteiger partial charge in [-0.25, -0.2) is 5.48 Å². The summed E-state index contributed by atoms with van der Waals surface area (Å²) in [6.07, 6.45) is 8.64. The minimum absolute atomic E-state index is 0.0167. The second kappa shape index (κ2) is 8.25. The van der Waals surface area contributed by atoms with Crippen molar-refractivity contribution in [2.75, 3.05) is 7.11 Å². The van der Waals surface area contributed by atoms with E-state index in [1.165, 1.54) is 7.11 Å². The number of fused-ring (bicyclic) bond motifs is 7. The van der Waals surface area contributed by atoms with Gasteiger partial charge < -0.3 is 0 Å². The van der Waals surface area contributed by atoms with Crippen LogP contribution >= 0.6 is 0 Å². The molecule has 5 aliphatic rings. The Morgan fingerprint density at radius 2 is 1.75 bits per heavy atom. The molecule has 0 heterocycles. The second-order valence-electron chi connectivity index (χ2n) is 14.0. The van der Waals surface area contributed by atoms with E-state index in [1.807, 2.05) is 13.0 Å². The van der Waals surface area contributed by atoms with E-state index in [-0.39, 0.29) is 74.8 Å². The van der Waals surface area contributed by atoms with Crippen molar-refractivity contribution in [1.29, 1.82) is 5.26 Å². The highest BCUT2D eigenvalue weighted by molar-refractivity contribution is 6.01. The lowest BCUT2D eigenvalue weighted by molar-refractivity contribution is -0.192. The molecule has 4 saturated carbocycles. The zero-order valence-corrected chi connectivity index (χ0v) is 22.8. The summed E-state index contributed by atoms with van der Waals surface area (Å²) >= 11 is 0. The topological polar surface area (TPSA) is 96.3 Å². The third-order valence-corrected chi connectivity index (χ3v) is 12.0. The Morgan fingerprint density at radius 3 is 2.42 bits per heavy atom. The van der Waals surface area contributed by atoms with Crippen molar-refractivity contribution < 1.29 is 19.2 Å². The van der Waals surface area contributed by atoms with Crippen LogP contribution in [-0.2, 0) is 19.2 Å². The minimum atomic E-state index is -0.549. The van der Waals surface area contributed by atoms with Gasteiger partial charge in [-0.05, 0) is 84.9 Å². The Bertz CT molecular complexity index is 1070. The number of carbonyl (C=O) groups excluding carboxylic acids is 3. The first-order valence-electron chi connectivity index (χ1n) is 13.9. The lowest BCUT2D eigenvalue weighted by atomic mass is 9.36. The standard InChI is InChI=1S/C30H42N2O4/c1-17-19-7-9-28(4)20-8-10-30(26(35)32-36-6)12-11-27(2,3)15-21(30)24(20)22(33)13-23(28)29(19,5)14-18(16-31)25(17)34/h14,17,19-21,23-24H,7-13,15H2,1-6H3,(H,32,35)/t17?,19?,20?,21?,23?,24?,28?,29?,30-/m1/s1. The number of nitrogens with zero attached hydrogens (tertiary/aromatic N) is 1. The number of amides is 1. The van der Waals surface area contributed by atoms with Gasteiger partial charge in [0, 0.05) is 18.3 Å². The molecule has 4 fully saturated rings. The Labute approximate surface area is 215 Å². The number of ketones is 2. The van der Waals surface area contributed by atoms with Gasteiger partial charge in [0.25, 0.3) is 0 Å². The monoisotopic (exact) mass is 494 g/mol. The number of rotatable bonds is 2. The van der Waals surface area contributed by atoms with Crippen LogP contribution in [0.15, 0.2) is 11.6 Å². The predicted molar refractivity (Wildman–Crippen MR) is 135 cm³/mol. The first-order valence-corrected chi connectivity index (χ1v) is 13.9. The largest absolute Gasteiger partial charge is 0.299 e. The van der Waals surface area contributed by atoms with Gasteiger partial charge in [0.2, 0.25) is 5.91 Å². The maximum atomic E-state index is 14.2.